The highest BCUT2D eigenvalue weighted by molar-refractivity contribution is 7.47. The lowest BCUT2D eigenvalue weighted by Gasteiger charge is -2.21. The SMILES string of the molecule is CC/C=C\C/C=C\C/C=C\C/C=C\C/C=C\CCCC(=O)OCC(COP(=O)(O)OCC(O)COP(=O)(O)OCC(COC(=O)CCCCCCC/C=C\C/C=C\CCCCC)OC(=O)CCCCCCC/C=C\C/C=C\CCCCC)OC(=O)CCCCCCCCC/C=C\C/C=C\C/C=C\CC. The predicted molar refractivity (Wildman–Crippen MR) is 427 cm³/mol. The summed E-state index contributed by atoms with van der Waals surface area (Å²) < 4.78 is 68.6. The van der Waals surface area contributed by atoms with Crippen molar-refractivity contribution in [3.8, 4) is 0 Å². The Morgan fingerprint density at radius 1 is 0.279 bits per heavy atom. The molecule has 19 heteroatoms. The lowest BCUT2D eigenvalue weighted by atomic mass is 10.1. The molecule has 0 amide bonds. The van der Waals surface area contributed by atoms with Gasteiger partial charge in [-0.15, -0.1) is 0 Å². The summed E-state index contributed by atoms with van der Waals surface area (Å²) in [5, 5.41) is 10.6. The van der Waals surface area contributed by atoms with E-state index in [9.17, 15) is 43.2 Å². The molecule has 0 aliphatic rings. The predicted octanol–water partition coefficient (Wildman–Crippen LogP) is 23.4. The lowest BCUT2D eigenvalue weighted by molar-refractivity contribution is -0.161. The highest BCUT2D eigenvalue weighted by Gasteiger charge is 2.30. The Labute approximate surface area is 630 Å². The Morgan fingerprint density at radius 2 is 0.510 bits per heavy atom. The van der Waals surface area contributed by atoms with Crippen molar-refractivity contribution in [2.45, 2.75) is 329 Å². The highest BCUT2D eigenvalue weighted by atomic mass is 31.2. The van der Waals surface area contributed by atoms with E-state index in [2.05, 4.69) is 161 Å². The highest BCUT2D eigenvalue weighted by Crippen LogP contribution is 2.45. The molecule has 0 radical (unpaired) electrons. The first kappa shape index (κ1) is 98.9. The van der Waals surface area contributed by atoms with Crippen molar-refractivity contribution in [2.24, 2.45) is 0 Å². The van der Waals surface area contributed by atoms with E-state index in [1.807, 2.05) is 12.2 Å². The molecule has 0 fully saturated rings. The fraction of sp³-hybridized carbons (Fsp3) is 0.671. The molecule has 0 heterocycles. The standard InChI is InChI=1S/C85H142O17P2/c1-5-9-13-17-21-25-29-33-37-39-43-46-50-54-58-62-66-70-83(88)96-76-81(102-85(90)72-68-64-60-56-52-48-44-40-38-34-30-26-22-18-14-10-6-2)78-100-104(93,94)98-74-79(86)73-97-103(91,92)99-77-80(101-84(89)71-67-63-59-55-51-47-42-36-32-28-24-20-16-12-8-4)75-95-82(87)69-65-61-57-53-49-45-41-35-31-27-23-19-15-11-7-3/h9-10,13-14,21-28,33-38,41-43,46,54,58,79-81,86H,5-8,11-12,15-20,29-32,39-40,44-45,47-53,55-57,59-78H2,1-4H3,(H,91,92)(H,93,94)/b13-9-,14-10-,25-21-,26-22-,27-23-,28-24-,37-33-,38-34-,41-35-,42-36-,46-43-,58-54-. The van der Waals surface area contributed by atoms with Crippen LogP contribution >= 0.6 is 15.6 Å². The number of phosphoric ester groups is 2. The molecular formula is C85H142O17P2. The third kappa shape index (κ3) is 75.2. The number of rotatable bonds is 74. The average molecular weight is 1500 g/mol. The Bertz CT molecular complexity index is 2540. The van der Waals surface area contributed by atoms with E-state index in [1.54, 1.807) is 0 Å². The van der Waals surface area contributed by atoms with Gasteiger partial charge in [0.25, 0.3) is 0 Å². The molecule has 5 unspecified atom stereocenters. The zero-order valence-corrected chi connectivity index (χ0v) is 66.7. The molecule has 17 nitrogen and oxygen atoms in total. The minimum absolute atomic E-state index is 0.0666. The molecule has 0 bridgehead atoms. The van der Waals surface area contributed by atoms with Crippen molar-refractivity contribution in [1.29, 1.82) is 0 Å². The number of hydrogen-bond acceptors (Lipinski definition) is 15. The fourth-order valence-corrected chi connectivity index (χ4v) is 11.8. The van der Waals surface area contributed by atoms with Gasteiger partial charge in [-0.3, -0.25) is 37.3 Å². The van der Waals surface area contributed by atoms with Crippen LogP contribution in [0, 0.1) is 0 Å². The van der Waals surface area contributed by atoms with Gasteiger partial charge < -0.3 is 33.8 Å². The second-order valence-electron chi connectivity index (χ2n) is 26.2. The minimum atomic E-state index is -5.00. The van der Waals surface area contributed by atoms with Gasteiger partial charge in [0.1, 0.15) is 19.3 Å². The molecule has 0 aliphatic heterocycles. The van der Waals surface area contributed by atoms with Crippen LogP contribution in [0.4, 0.5) is 0 Å². The topological polar surface area (TPSA) is 237 Å². The quantitative estimate of drug-likeness (QED) is 0.0169. The van der Waals surface area contributed by atoms with Crippen molar-refractivity contribution in [1.82, 2.24) is 0 Å². The Morgan fingerprint density at radius 3 is 0.808 bits per heavy atom. The summed E-state index contributed by atoms with van der Waals surface area (Å²) in [6.45, 7) is 4.50. The average Bonchev–Trinajstić information content (AvgIpc) is 0.926. The van der Waals surface area contributed by atoms with E-state index in [0.717, 1.165) is 186 Å². The molecular weight excluding hydrogens is 1350 g/mol. The zero-order chi connectivity index (χ0) is 76.0. The number of aliphatic hydroxyl groups is 1. The molecule has 594 valence electrons. The van der Waals surface area contributed by atoms with Crippen LogP contribution in [-0.2, 0) is 65.4 Å². The Kier molecular flexibility index (Phi) is 72.4. The number of esters is 4. The molecule has 5 atom stereocenters. The van der Waals surface area contributed by atoms with Crippen molar-refractivity contribution in [2.75, 3.05) is 39.6 Å². The van der Waals surface area contributed by atoms with Gasteiger partial charge in [0.2, 0.25) is 0 Å². The fourth-order valence-electron chi connectivity index (χ4n) is 10.2. The number of carbonyl (C=O) groups excluding carboxylic acids is 4. The van der Waals surface area contributed by atoms with Gasteiger partial charge in [0.15, 0.2) is 12.2 Å². The Balaban J connectivity index is 5.45. The van der Waals surface area contributed by atoms with E-state index in [0.29, 0.717) is 32.1 Å². The van der Waals surface area contributed by atoms with Gasteiger partial charge in [0.05, 0.1) is 26.4 Å². The van der Waals surface area contributed by atoms with E-state index in [4.69, 9.17) is 37.0 Å². The maximum atomic E-state index is 13.1. The normalized spacial score (nSPS) is 14.6. The maximum Gasteiger partial charge on any atom is 0.472 e. The number of aliphatic hydroxyl groups excluding tert-OH is 1. The summed E-state index contributed by atoms with van der Waals surface area (Å²) in [5.74, 6) is -2.29. The number of allylic oxidation sites excluding steroid dienone is 24. The van der Waals surface area contributed by atoms with E-state index in [1.165, 1.54) is 38.5 Å². The van der Waals surface area contributed by atoms with Crippen LogP contribution in [-0.4, -0.2) is 96.7 Å². The molecule has 104 heavy (non-hydrogen) atoms. The van der Waals surface area contributed by atoms with Crippen LogP contribution < -0.4 is 0 Å². The molecule has 3 N–H and O–H groups in total. The zero-order valence-electron chi connectivity index (χ0n) is 64.9. The van der Waals surface area contributed by atoms with Crippen LogP contribution in [0.5, 0.6) is 0 Å². The summed E-state index contributed by atoms with van der Waals surface area (Å²) in [4.78, 5) is 73.0. The molecule has 0 aromatic rings. The van der Waals surface area contributed by atoms with Crippen LogP contribution in [0.15, 0.2) is 146 Å². The van der Waals surface area contributed by atoms with Crippen LogP contribution in [0.1, 0.15) is 310 Å². The largest absolute Gasteiger partial charge is 0.472 e. The number of unbranched alkanes of at least 4 members (excludes halogenated alkanes) is 24. The summed E-state index contributed by atoms with van der Waals surface area (Å²) in [6.07, 6.45) is 86.8. The van der Waals surface area contributed by atoms with E-state index >= 15 is 0 Å². The van der Waals surface area contributed by atoms with Gasteiger partial charge in [-0.25, -0.2) is 9.13 Å². The first-order valence-corrected chi connectivity index (χ1v) is 43.1. The molecule has 0 aliphatic carbocycles. The summed E-state index contributed by atoms with van der Waals surface area (Å²) in [6, 6.07) is 0. The van der Waals surface area contributed by atoms with Crippen LogP contribution in [0.25, 0.3) is 0 Å². The third-order valence-electron chi connectivity index (χ3n) is 16.3. The third-order valence-corrected chi connectivity index (χ3v) is 18.2. The Hall–Kier alpha value is -5.06. The van der Waals surface area contributed by atoms with Crippen molar-refractivity contribution < 1.29 is 80.2 Å². The first-order valence-electron chi connectivity index (χ1n) is 40.1. The van der Waals surface area contributed by atoms with Crippen molar-refractivity contribution in [3.05, 3.63) is 146 Å². The number of carbonyl (C=O) groups is 4. The molecule has 0 spiro atoms. The summed E-state index contributed by atoms with van der Waals surface area (Å²) in [7, 11) is -9.99. The monoisotopic (exact) mass is 1500 g/mol. The number of hydrogen-bond donors (Lipinski definition) is 3. The van der Waals surface area contributed by atoms with Crippen LogP contribution in [0.2, 0.25) is 0 Å². The van der Waals surface area contributed by atoms with E-state index < -0.39 is 97.5 Å². The second kappa shape index (κ2) is 76.1. The van der Waals surface area contributed by atoms with Gasteiger partial charge >= 0.3 is 39.5 Å². The molecule has 0 aromatic carbocycles. The minimum Gasteiger partial charge on any atom is -0.462 e. The first-order chi connectivity index (χ1) is 50.7. The number of ether oxygens (including phenoxy) is 4. The van der Waals surface area contributed by atoms with Gasteiger partial charge in [-0.05, 0) is 161 Å². The van der Waals surface area contributed by atoms with Gasteiger partial charge in [-0.1, -0.05) is 270 Å². The summed E-state index contributed by atoms with van der Waals surface area (Å²) in [5.41, 5.74) is 0. The number of phosphoric acid groups is 2. The summed E-state index contributed by atoms with van der Waals surface area (Å²) >= 11 is 0. The molecule has 0 saturated carbocycles. The molecule has 0 aromatic heterocycles. The van der Waals surface area contributed by atoms with Gasteiger partial charge in [0, 0.05) is 25.7 Å². The molecule has 0 rings (SSSR count). The maximum absolute atomic E-state index is 13.1. The smallest absolute Gasteiger partial charge is 0.462 e. The van der Waals surface area contributed by atoms with Crippen molar-refractivity contribution in [3.63, 3.8) is 0 Å². The van der Waals surface area contributed by atoms with Crippen LogP contribution in [0.3, 0.4) is 0 Å². The molecule has 0 saturated heterocycles. The lowest BCUT2D eigenvalue weighted by Crippen LogP contribution is -2.30. The van der Waals surface area contributed by atoms with Gasteiger partial charge in [-0.2, -0.15) is 0 Å². The van der Waals surface area contributed by atoms with E-state index in [-0.39, 0.29) is 25.7 Å². The van der Waals surface area contributed by atoms with Crippen molar-refractivity contribution >= 4 is 39.5 Å². The second-order valence-corrected chi connectivity index (χ2v) is 29.1.